The van der Waals surface area contributed by atoms with Crippen molar-refractivity contribution in [3.8, 4) is 15.6 Å². The van der Waals surface area contributed by atoms with Gasteiger partial charge >= 0.3 is 6.09 Å². The zero-order valence-corrected chi connectivity index (χ0v) is 15.9. The highest BCUT2D eigenvalue weighted by Gasteiger charge is 2.15. The fourth-order valence-electron chi connectivity index (χ4n) is 2.23. The lowest BCUT2D eigenvalue weighted by atomic mass is 9.98. The molecule has 0 heterocycles. The number of carbonyl (C=O) groups excluding carboxylic acids is 1. The van der Waals surface area contributed by atoms with Crippen LogP contribution in [0.1, 0.15) is 50.7 Å². The first kappa shape index (κ1) is 18.8. The quantitative estimate of drug-likeness (QED) is 0.479. The molecule has 0 fully saturated rings. The number of carbonyl (C=O) groups is 1. The molecule has 0 aliphatic carbocycles. The summed E-state index contributed by atoms with van der Waals surface area (Å²) in [5.74, 6) is 3.98. The van der Waals surface area contributed by atoms with Gasteiger partial charge in [-0.2, -0.15) is 0 Å². The van der Waals surface area contributed by atoms with Gasteiger partial charge in [-0.05, 0) is 46.4 Å². The average molecular weight is 413 g/mol. The Morgan fingerprint density at radius 1 is 1.41 bits per heavy atom. The lowest BCUT2D eigenvalue weighted by Crippen LogP contribution is -2.34. The number of halogens is 1. The molecular weight excluding hydrogens is 389 g/mol. The van der Waals surface area contributed by atoms with E-state index in [1.54, 1.807) is 4.90 Å². The van der Waals surface area contributed by atoms with Crippen LogP contribution in [0, 0.1) is 16.8 Å². The molecule has 0 aliphatic heterocycles. The molecule has 0 saturated carbocycles. The lowest BCUT2D eigenvalue weighted by molar-refractivity contribution is 0.157. The van der Waals surface area contributed by atoms with Crippen LogP contribution in [-0.4, -0.2) is 24.1 Å². The molecular formula is C18H24INO2. The smallest absolute Gasteiger partial charge is 0.410 e. The van der Waals surface area contributed by atoms with Crippen molar-refractivity contribution in [2.24, 2.45) is 0 Å². The molecule has 1 rings (SSSR count). The van der Waals surface area contributed by atoms with Crippen molar-refractivity contribution < 1.29 is 9.53 Å². The molecule has 120 valence electrons. The van der Waals surface area contributed by atoms with Crippen LogP contribution in [0.4, 0.5) is 4.79 Å². The first-order valence-corrected chi connectivity index (χ1v) is 8.73. The molecule has 0 saturated heterocycles. The van der Waals surface area contributed by atoms with E-state index in [1.165, 1.54) is 5.56 Å². The van der Waals surface area contributed by atoms with E-state index in [9.17, 15) is 4.79 Å². The number of amides is 1. The summed E-state index contributed by atoms with van der Waals surface area (Å²) in [6, 6.07) is 5.82. The first-order chi connectivity index (χ1) is 10.5. The molecule has 4 heteroatoms. The van der Waals surface area contributed by atoms with Gasteiger partial charge in [-0.25, -0.2) is 4.79 Å². The summed E-state index contributed by atoms with van der Waals surface area (Å²) >= 11 is 1.98. The van der Waals surface area contributed by atoms with E-state index >= 15 is 0 Å². The molecule has 0 N–H and O–H groups in total. The summed E-state index contributed by atoms with van der Waals surface area (Å²) in [6.07, 6.45) is 1.65. The molecule has 1 aromatic carbocycles. The topological polar surface area (TPSA) is 29.5 Å². The fraction of sp³-hybridized carbons (Fsp3) is 0.500. The van der Waals surface area contributed by atoms with E-state index in [-0.39, 0.29) is 6.09 Å². The van der Waals surface area contributed by atoms with Gasteiger partial charge in [0.1, 0.15) is 5.75 Å². The third-order valence-corrected chi connectivity index (χ3v) is 3.83. The van der Waals surface area contributed by atoms with E-state index in [0.29, 0.717) is 24.8 Å². The maximum atomic E-state index is 12.3. The fourth-order valence-corrected chi connectivity index (χ4v) is 2.40. The number of nitrogens with zero attached hydrogens (tertiary/aromatic N) is 1. The Hall–Kier alpha value is -1.22. The van der Waals surface area contributed by atoms with E-state index in [4.69, 9.17) is 4.74 Å². The summed E-state index contributed by atoms with van der Waals surface area (Å²) in [5, 5.41) is 0. The van der Waals surface area contributed by atoms with Crippen LogP contribution in [0.3, 0.4) is 0 Å². The Labute approximate surface area is 147 Å². The van der Waals surface area contributed by atoms with Crippen LogP contribution in [0.25, 0.3) is 0 Å². The average Bonchev–Trinajstić information content (AvgIpc) is 2.47. The summed E-state index contributed by atoms with van der Waals surface area (Å²) < 4.78 is 8.30. The number of benzene rings is 1. The van der Waals surface area contributed by atoms with Crippen LogP contribution in [0.5, 0.6) is 5.75 Å². The van der Waals surface area contributed by atoms with Crippen molar-refractivity contribution in [2.45, 2.75) is 46.5 Å². The second kappa shape index (κ2) is 9.73. The standard InChI is InChI=1S/C18H24INO2/c1-5-6-11-20(12-7-10-19)18(21)22-16-8-9-17(14(2)3)15(4)13-16/h8-9,13-14H,5-6,11-12H2,1-4H3. The molecule has 0 bridgehead atoms. The van der Waals surface area contributed by atoms with Gasteiger partial charge in [0.25, 0.3) is 0 Å². The molecule has 0 radical (unpaired) electrons. The lowest BCUT2D eigenvalue weighted by Gasteiger charge is -2.20. The predicted octanol–water partition coefficient (Wildman–Crippen LogP) is 5.12. The first-order valence-electron chi connectivity index (χ1n) is 7.65. The Bertz CT molecular complexity index is 558. The van der Waals surface area contributed by atoms with E-state index < -0.39 is 0 Å². The minimum atomic E-state index is -0.329. The van der Waals surface area contributed by atoms with Gasteiger partial charge in [0.15, 0.2) is 0 Å². The van der Waals surface area contributed by atoms with Crippen LogP contribution < -0.4 is 4.74 Å². The molecule has 1 amide bonds. The summed E-state index contributed by atoms with van der Waals surface area (Å²) in [6.45, 7) is 9.53. The normalized spacial score (nSPS) is 10.1. The minimum absolute atomic E-state index is 0.329. The SMILES string of the molecule is CCCCN(CC#CI)C(=O)Oc1ccc(C(C)C)c(C)c1. The van der Waals surface area contributed by atoms with Gasteiger partial charge in [0, 0.05) is 29.1 Å². The van der Waals surface area contributed by atoms with E-state index in [1.807, 2.05) is 47.7 Å². The molecule has 0 atom stereocenters. The molecule has 0 aromatic heterocycles. The minimum Gasteiger partial charge on any atom is -0.410 e. The maximum Gasteiger partial charge on any atom is 0.416 e. The molecule has 22 heavy (non-hydrogen) atoms. The van der Waals surface area contributed by atoms with Crippen molar-refractivity contribution in [1.82, 2.24) is 4.90 Å². The largest absolute Gasteiger partial charge is 0.416 e. The highest BCUT2D eigenvalue weighted by atomic mass is 127. The van der Waals surface area contributed by atoms with Gasteiger partial charge in [-0.15, -0.1) is 0 Å². The van der Waals surface area contributed by atoms with Gasteiger partial charge < -0.3 is 4.74 Å². The molecule has 1 aromatic rings. The van der Waals surface area contributed by atoms with E-state index in [2.05, 4.69) is 30.6 Å². The Morgan fingerprint density at radius 3 is 2.68 bits per heavy atom. The Balaban J connectivity index is 2.79. The molecule has 0 aliphatic rings. The van der Waals surface area contributed by atoms with Gasteiger partial charge in [-0.3, -0.25) is 4.90 Å². The molecule has 3 nitrogen and oxygen atoms in total. The van der Waals surface area contributed by atoms with Crippen molar-refractivity contribution >= 4 is 28.7 Å². The maximum absolute atomic E-state index is 12.3. The van der Waals surface area contributed by atoms with Crippen molar-refractivity contribution in [3.05, 3.63) is 29.3 Å². The Kier molecular flexibility index (Phi) is 8.32. The molecule has 0 spiro atoms. The number of hydrogen-bond donors (Lipinski definition) is 0. The van der Waals surface area contributed by atoms with E-state index in [0.717, 1.165) is 18.4 Å². The number of aryl methyl sites for hydroxylation is 1. The predicted molar refractivity (Wildman–Crippen MR) is 99.6 cm³/mol. The monoisotopic (exact) mass is 413 g/mol. The third kappa shape index (κ3) is 5.88. The van der Waals surface area contributed by atoms with Crippen LogP contribution >= 0.6 is 22.6 Å². The zero-order valence-electron chi connectivity index (χ0n) is 13.8. The second-order valence-electron chi connectivity index (χ2n) is 5.59. The van der Waals surface area contributed by atoms with Crippen molar-refractivity contribution in [1.29, 1.82) is 0 Å². The van der Waals surface area contributed by atoms with Gasteiger partial charge in [0.05, 0.1) is 6.54 Å². The third-order valence-electron chi connectivity index (χ3n) is 3.44. The van der Waals surface area contributed by atoms with Crippen molar-refractivity contribution in [2.75, 3.05) is 13.1 Å². The number of ether oxygens (including phenoxy) is 1. The van der Waals surface area contributed by atoms with Crippen molar-refractivity contribution in [3.63, 3.8) is 0 Å². The highest BCUT2D eigenvalue weighted by Crippen LogP contribution is 2.23. The summed E-state index contributed by atoms with van der Waals surface area (Å²) in [5.41, 5.74) is 2.42. The van der Waals surface area contributed by atoms with Crippen LogP contribution in [-0.2, 0) is 0 Å². The molecule has 0 unspecified atom stereocenters. The number of hydrogen-bond acceptors (Lipinski definition) is 2. The summed E-state index contributed by atoms with van der Waals surface area (Å²) in [7, 11) is 0. The van der Waals surface area contributed by atoms with Gasteiger partial charge in [-0.1, -0.05) is 39.2 Å². The van der Waals surface area contributed by atoms with Crippen LogP contribution in [0.2, 0.25) is 0 Å². The van der Waals surface area contributed by atoms with Gasteiger partial charge in [0.2, 0.25) is 0 Å². The summed E-state index contributed by atoms with van der Waals surface area (Å²) in [4.78, 5) is 13.9. The zero-order chi connectivity index (χ0) is 16.5. The highest BCUT2D eigenvalue weighted by molar-refractivity contribution is 14.1. The Morgan fingerprint density at radius 2 is 2.14 bits per heavy atom. The second-order valence-corrected chi connectivity index (χ2v) is 6.13. The number of unbranched alkanes of at least 4 members (excludes halogenated alkanes) is 1. The van der Waals surface area contributed by atoms with Crippen LogP contribution in [0.15, 0.2) is 18.2 Å². The number of rotatable bonds is 6.